The third-order valence-electron chi connectivity index (χ3n) is 5.42. The monoisotopic (exact) mass is 417 g/mol. The fourth-order valence-electron chi connectivity index (χ4n) is 3.88. The number of carbonyl (C=O) groups is 1. The van der Waals surface area contributed by atoms with Crippen LogP contribution >= 0.6 is 0 Å². The summed E-state index contributed by atoms with van der Waals surface area (Å²) in [5.41, 5.74) is 3.42. The van der Waals surface area contributed by atoms with Crippen LogP contribution in [0.2, 0.25) is 0 Å². The molecule has 1 N–H and O–H groups in total. The van der Waals surface area contributed by atoms with E-state index in [0.717, 1.165) is 37.1 Å². The molecule has 2 heterocycles. The van der Waals surface area contributed by atoms with Crippen LogP contribution in [0.4, 0.5) is 0 Å². The van der Waals surface area contributed by atoms with Gasteiger partial charge in [-0.1, -0.05) is 12.8 Å². The van der Waals surface area contributed by atoms with E-state index in [2.05, 4.69) is 21.5 Å². The Morgan fingerprint density at radius 1 is 1.34 bits per heavy atom. The largest absolute Gasteiger partial charge is 0.356 e. The molecule has 156 valence electrons. The first kappa shape index (κ1) is 21.2. The predicted octanol–water partition coefficient (Wildman–Crippen LogP) is 2.01. The highest BCUT2D eigenvalue weighted by atomic mass is 32.2. The van der Waals surface area contributed by atoms with Gasteiger partial charge in [-0.05, 0) is 45.6 Å². The van der Waals surface area contributed by atoms with Crippen LogP contribution in [0.15, 0.2) is 6.07 Å². The zero-order valence-corrected chi connectivity index (χ0v) is 17.8. The molecule has 0 saturated heterocycles. The molecule has 1 amide bonds. The molecule has 0 aliphatic heterocycles. The second-order valence-corrected chi connectivity index (χ2v) is 10.1. The number of hydrogen-bond acceptors (Lipinski definition) is 6. The number of aryl methyl sites for hydroxylation is 3. The Balaban J connectivity index is 1.50. The van der Waals surface area contributed by atoms with E-state index in [1.54, 1.807) is 4.52 Å². The van der Waals surface area contributed by atoms with Crippen LogP contribution in [0.3, 0.4) is 0 Å². The Labute approximate surface area is 171 Å². The number of sulfone groups is 1. The lowest BCUT2D eigenvalue weighted by molar-refractivity contribution is -0.120. The van der Waals surface area contributed by atoms with Crippen molar-refractivity contribution in [1.82, 2.24) is 19.9 Å². The maximum atomic E-state index is 12.2. The minimum absolute atomic E-state index is 0.000957. The van der Waals surface area contributed by atoms with Gasteiger partial charge < -0.3 is 5.32 Å². The fraction of sp³-hybridized carbons (Fsp3) is 0.600. The second-order valence-electron chi connectivity index (χ2n) is 7.68. The van der Waals surface area contributed by atoms with Crippen molar-refractivity contribution in [2.24, 2.45) is 0 Å². The molecule has 1 aliphatic carbocycles. The van der Waals surface area contributed by atoms with Gasteiger partial charge in [0.1, 0.15) is 11.6 Å². The van der Waals surface area contributed by atoms with Gasteiger partial charge in [-0.3, -0.25) is 4.79 Å². The third-order valence-corrected chi connectivity index (χ3v) is 7.68. The number of nitrogens with one attached hydrogen (secondary N) is 1. The summed E-state index contributed by atoms with van der Waals surface area (Å²) < 4.78 is 26.1. The quantitative estimate of drug-likeness (QED) is 0.657. The summed E-state index contributed by atoms with van der Waals surface area (Å²) in [4.78, 5) is 16.4. The van der Waals surface area contributed by atoms with Crippen LogP contribution < -0.4 is 5.32 Å². The predicted molar refractivity (Wildman–Crippen MR) is 109 cm³/mol. The smallest absolute Gasteiger partial charge is 0.221 e. The summed E-state index contributed by atoms with van der Waals surface area (Å²) in [5.74, 6) is -0.339. The van der Waals surface area contributed by atoms with E-state index in [0.29, 0.717) is 36.3 Å². The van der Waals surface area contributed by atoms with Crippen LogP contribution in [-0.4, -0.2) is 46.5 Å². The van der Waals surface area contributed by atoms with Crippen molar-refractivity contribution in [3.8, 4) is 6.07 Å². The van der Waals surface area contributed by atoms with Gasteiger partial charge in [-0.15, -0.1) is 0 Å². The average molecular weight is 418 g/mol. The number of rotatable bonds is 8. The maximum Gasteiger partial charge on any atom is 0.221 e. The summed E-state index contributed by atoms with van der Waals surface area (Å²) in [6.07, 6.45) is 4.50. The molecule has 0 unspecified atom stereocenters. The van der Waals surface area contributed by atoms with Gasteiger partial charge >= 0.3 is 0 Å². The van der Waals surface area contributed by atoms with Crippen LogP contribution in [0, 0.1) is 25.2 Å². The molecule has 0 bridgehead atoms. The van der Waals surface area contributed by atoms with Gasteiger partial charge in [0.05, 0.1) is 16.7 Å². The summed E-state index contributed by atoms with van der Waals surface area (Å²) in [6, 6.07) is 4.09. The Morgan fingerprint density at radius 3 is 2.76 bits per heavy atom. The van der Waals surface area contributed by atoms with E-state index in [9.17, 15) is 18.5 Å². The lowest BCUT2D eigenvalue weighted by Gasteiger charge is -2.10. The van der Waals surface area contributed by atoms with Gasteiger partial charge in [-0.25, -0.2) is 17.9 Å². The molecule has 1 saturated carbocycles. The summed E-state index contributed by atoms with van der Waals surface area (Å²) >= 11 is 0. The summed E-state index contributed by atoms with van der Waals surface area (Å²) in [6.45, 7) is 4.20. The number of aromatic nitrogens is 3. The lowest BCUT2D eigenvalue weighted by atomic mass is 10.1. The molecule has 1 fully saturated rings. The highest BCUT2D eigenvalue weighted by Crippen LogP contribution is 2.25. The molecule has 1 aliphatic rings. The Hall–Kier alpha value is -2.47. The molecule has 0 atom stereocenters. The first-order valence-electron chi connectivity index (χ1n) is 10.1. The summed E-state index contributed by atoms with van der Waals surface area (Å²) in [5, 5.41) is 16.5. The molecule has 2 aromatic rings. The highest BCUT2D eigenvalue weighted by Gasteiger charge is 2.28. The zero-order chi connectivity index (χ0) is 21.0. The Bertz CT molecular complexity index is 1050. The maximum absolute atomic E-state index is 12.2. The van der Waals surface area contributed by atoms with E-state index in [4.69, 9.17) is 0 Å². The number of nitriles is 1. The second kappa shape index (κ2) is 8.91. The number of fused-ring (bicyclic) bond motifs is 1. The van der Waals surface area contributed by atoms with Gasteiger partial charge in [0.25, 0.3) is 0 Å². The number of carbonyl (C=O) groups excluding carboxylic acids is 1. The first-order chi connectivity index (χ1) is 13.8. The van der Waals surface area contributed by atoms with Crippen molar-refractivity contribution in [2.45, 2.75) is 64.0 Å². The van der Waals surface area contributed by atoms with E-state index < -0.39 is 9.84 Å². The number of nitrogens with zero attached hydrogens (tertiary/aromatic N) is 4. The molecule has 29 heavy (non-hydrogen) atoms. The van der Waals surface area contributed by atoms with Crippen molar-refractivity contribution in [1.29, 1.82) is 5.26 Å². The van der Waals surface area contributed by atoms with Gasteiger partial charge in [0.2, 0.25) is 5.91 Å². The van der Waals surface area contributed by atoms with Crippen molar-refractivity contribution >= 4 is 21.4 Å². The molecule has 8 nitrogen and oxygen atoms in total. The Kier molecular flexibility index (Phi) is 6.52. The number of hydrogen-bond donors (Lipinski definition) is 1. The fourth-order valence-corrected chi connectivity index (χ4v) is 5.73. The molecule has 0 aromatic carbocycles. The van der Waals surface area contributed by atoms with Gasteiger partial charge in [-0.2, -0.15) is 10.4 Å². The minimum atomic E-state index is -3.18. The zero-order valence-electron chi connectivity index (χ0n) is 16.9. The van der Waals surface area contributed by atoms with Crippen molar-refractivity contribution in [3.05, 3.63) is 28.7 Å². The van der Waals surface area contributed by atoms with E-state index in [1.807, 2.05) is 19.9 Å². The SMILES string of the molecule is Cc1cc(C)n2nc(CCCNC(=O)CCS(=O)(=O)C3CCCC3)c(C#N)c2n1. The molecular formula is C20H27N5O3S. The third kappa shape index (κ3) is 4.93. The topological polar surface area (TPSA) is 117 Å². The Morgan fingerprint density at radius 2 is 2.07 bits per heavy atom. The van der Waals surface area contributed by atoms with Crippen molar-refractivity contribution < 1.29 is 13.2 Å². The van der Waals surface area contributed by atoms with Gasteiger partial charge in [0.15, 0.2) is 15.5 Å². The van der Waals surface area contributed by atoms with Crippen LogP contribution in [-0.2, 0) is 21.1 Å². The van der Waals surface area contributed by atoms with E-state index in [-0.39, 0.29) is 23.3 Å². The molecular weight excluding hydrogens is 390 g/mol. The standard InChI is InChI=1S/C20H27N5O3S/c1-14-12-15(2)25-20(23-14)17(13-21)18(24-25)8-5-10-22-19(26)9-11-29(27,28)16-6-3-4-7-16/h12,16H,3-11H2,1-2H3,(H,22,26). The average Bonchev–Trinajstić information content (AvgIpc) is 3.32. The van der Waals surface area contributed by atoms with E-state index in [1.165, 1.54) is 0 Å². The molecule has 0 radical (unpaired) electrons. The normalized spacial score (nSPS) is 14.9. The molecule has 3 rings (SSSR count). The molecule has 9 heteroatoms. The lowest BCUT2D eigenvalue weighted by Crippen LogP contribution is -2.29. The summed E-state index contributed by atoms with van der Waals surface area (Å²) in [7, 11) is -3.18. The van der Waals surface area contributed by atoms with Gasteiger partial charge in [0, 0.05) is 24.4 Å². The van der Waals surface area contributed by atoms with Crippen LogP contribution in [0.1, 0.15) is 61.2 Å². The van der Waals surface area contributed by atoms with Crippen molar-refractivity contribution in [2.75, 3.05) is 12.3 Å². The molecule has 2 aromatic heterocycles. The minimum Gasteiger partial charge on any atom is -0.356 e. The van der Waals surface area contributed by atoms with E-state index >= 15 is 0 Å². The highest BCUT2D eigenvalue weighted by molar-refractivity contribution is 7.92. The van der Waals surface area contributed by atoms with Crippen molar-refractivity contribution in [3.63, 3.8) is 0 Å². The van der Waals surface area contributed by atoms with Crippen LogP contribution in [0.5, 0.6) is 0 Å². The number of amides is 1. The first-order valence-corrected chi connectivity index (χ1v) is 11.8. The molecule has 0 spiro atoms. The van der Waals surface area contributed by atoms with Crippen LogP contribution in [0.25, 0.3) is 5.65 Å².